The third-order valence-electron chi connectivity index (χ3n) is 3.66. The molecule has 0 atom stereocenters. The number of aromatic nitrogens is 2. The van der Waals surface area contributed by atoms with Gasteiger partial charge in [-0.05, 0) is 12.8 Å². The summed E-state index contributed by atoms with van der Waals surface area (Å²) in [6, 6.07) is -0.0209. The molecule has 2 rings (SSSR count). The Balaban J connectivity index is 2.16. The molecule has 118 valence electrons. The van der Waals surface area contributed by atoms with Crippen molar-refractivity contribution in [1.29, 1.82) is 0 Å². The van der Waals surface area contributed by atoms with E-state index < -0.39 is 22.8 Å². The highest BCUT2D eigenvalue weighted by Crippen LogP contribution is 2.36. The Hall–Kier alpha value is -1.24. The summed E-state index contributed by atoms with van der Waals surface area (Å²) in [5, 5.41) is 5.72. The molecule has 1 saturated carbocycles. The van der Waals surface area contributed by atoms with Crippen LogP contribution in [-0.4, -0.2) is 21.7 Å². The Bertz CT molecular complexity index is 519. The van der Waals surface area contributed by atoms with Gasteiger partial charge in [-0.3, -0.25) is 9.48 Å². The van der Waals surface area contributed by atoms with E-state index >= 15 is 0 Å². The maximum atomic E-state index is 12.8. The van der Waals surface area contributed by atoms with Gasteiger partial charge in [0.05, 0.1) is 0 Å². The third kappa shape index (κ3) is 3.70. The third-order valence-corrected chi connectivity index (χ3v) is 4.02. The van der Waals surface area contributed by atoms with Crippen molar-refractivity contribution < 1.29 is 18.0 Å². The van der Waals surface area contributed by atoms with Crippen LogP contribution in [-0.2, 0) is 13.2 Å². The highest BCUT2D eigenvalue weighted by molar-refractivity contribution is 6.34. The molecule has 0 aromatic carbocycles. The lowest BCUT2D eigenvalue weighted by molar-refractivity contribution is -0.143. The summed E-state index contributed by atoms with van der Waals surface area (Å²) < 4.78 is 39.1. The second-order valence-electron chi connectivity index (χ2n) is 5.29. The number of hydrogen-bond acceptors (Lipinski definition) is 2. The van der Waals surface area contributed by atoms with E-state index in [0.29, 0.717) is 4.68 Å². The second kappa shape index (κ2) is 6.25. The van der Waals surface area contributed by atoms with Crippen LogP contribution in [0.5, 0.6) is 0 Å². The summed E-state index contributed by atoms with van der Waals surface area (Å²) in [4.78, 5) is 12.1. The molecule has 1 fully saturated rings. The van der Waals surface area contributed by atoms with Crippen molar-refractivity contribution in [3.8, 4) is 0 Å². The molecule has 1 aromatic rings. The Morgan fingerprint density at radius 2 is 1.86 bits per heavy atom. The minimum Gasteiger partial charge on any atom is -0.348 e. The van der Waals surface area contributed by atoms with Crippen molar-refractivity contribution in [1.82, 2.24) is 15.1 Å². The first-order valence-corrected chi connectivity index (χ1v) is 7.29. The first-order chi connectivity index (χ1) is 9.80. The van der Waals surface area contributed by atoms with Gasteiger partial charge in [0.25, 0.3) is 5.91 Å². The van der Waals surface area contributed by atoms with Crippen LogP contribution in [0.15, 0.2) is 0 Å². The zero-order chi connectivity index (χ0) is 15.6. The first-order valence-electron chi connectivity index (χ1n) is 6.91. The Labute approximate surface area is 125 Å². The van der Waals surface area contributed by atoms with Crippen molar-refractivity contribution in [3.05, 3.63) is 16.4 Å². The average molecular weight is 324 g/mol. The highest BCUT2D eigenvalue weighted by atomic mass is 35.5. The maximum Gasteiger partial charge on any atom is 0.434 e. The summed E-state index contributed by atoms with van der Waals surface area (Å²) in [5.74, 6) is -0.641. The van der Waals surface area contributed by atoms with E-state index in [0.717, 1.165) is 45.6 Å². The van der Waals surface area contributed by atoms with Gasteiger partial charge in [0.15, 0.2) is 11.4 Å². The fourth-order valence-corrected chi connectivity index (χ4v) is 2.98. The molecule has 1 aliphatic carbocycles. The lowest BCUT2D eigenvalue weighted by atomic mass is 10.1. The molecule has 0 saturated heterocycles. The Kier molecular flexibility index (Phi) is 4.81. The second-order valence-corrected chi connectivity index (χ2v) is 5.67. The van der Waals surface area contributed by atoms with E-state index in [4.69, 9.17) is 11.6 Å². The predicted octanol–water partition coefficient (Wildman–Crippen LogP) is 3.54. The van der Waals surface area contributed by atoms with Crippen LogP contribution < -0.4 is 5.32 Å². The monoisotopic (exact) mass is 323 g/mol. The minimum absolute atomic E-state index is 0.0209. The molecule has 0 unspecified atom stereocenters. The zero-order valence-electron chi connectivity index (χ0n) is 11.6. The Morgan fingerprint density at radius 1 is 1.29 bits per heavy atom. The minimum atomic E-state index is -4.64. The van der Waals surface area contributed by atoms with Gasteiger partial charge in [-0.2, -0.15) is 18.3 Å². The van der Waals surface area contributed by atoms with E-state index in [1.54, 1.807) is 0 Å². The number of aryl methyl sites for hydroxylation is 1. The quantitative estimate of drug-likeness (QED) is 0.846. The van der Waals surface area contributed by atoms with Gasteiger partial charge in [0.1, 0.15) is 5.02 Å². The number of hydrogen-bond donors (Lipinski definition) is 1. The van der Waals surface area contributed by atoms with Crippen molar-refractivity contribution >= 4 is 17.5 Å². The van der Waals surface area contributed by atoms with Gasteiger partial charge >= 0.3 is 6.18 Å². The molecule has 1 N–H and O–H groups in total. The molecular formula is C13H17ClF3N3O. The smallest absolute Gasteiger partial charge is 0.348 e. The molecule has 8 heteroatoms. The molecule has 1 aliphatic rings. The largest absolute Gasteiger partial charge is 0.434 e. The average Bonchev–Trinajstić information content (AvgIpc) is 2.55. The van der Waals surface area contributed by atoms with Crippen molar-refractivity contribution in [3.63, 3.8) is 0 Å². The number of halogens is 4. The van der Waals surface area contributed by atoms with Gasteiger partial charge in [-0.1, -0.05) is 37.3 Å². The first kappa shape index (κ1) is 16.1. The van der Waals surface area contributed by atoms with Gasteiger partial charge in [0.2, 0.25) is 0 Å². The van der Waals surface area contributed by atoms with Crippen LogP contribution in [0.1, 0.15) is 54.7 Å². The van der Waals surface area contributed by atoms with E-state index in [9.17, 15) is 18.0 Å². The van der Waals surface area contributed by atoms with Crippen LogP contribution in [0, 0.1) is 0 Å². The fraction of sp³-hybridized carbons (Fsp3) is 0.692. The summed E-state index contributed by atoms with van der Waals surface area (Å²) in [7, 11) is 1.12. The number of alkyl halides is 3. The van der Waals surface area contributed by atoms with E-state index in [2.05, 4.69) is 10.4 Å². The number of amides is 1. The molecular weight excluding hydrogens is 307 g/mol. The lowest BCUT2D eigenvalue weighted by Gasteiger charge is -2.15. The van der Waals surface area contributed by atoms with E-state index in [1.165, 1.54) is 0 Å². The summed E-state index contributed by atoms with van der Waals surface area (Å²) in [6.07, 6.45) is 1.29. The number of nitrogens with one attached hydrogen (secondary N) is 1. The molecule has 0 radical (unpaired) electrons. The van der Waals surface area contributed by atoms with Crippen LogP contribution in [0.4, 0.5) is 13.2 Å². The van der Waals surface area contributed by atoms with Gasteiger partial charge in [-0.25, -0.2) is 0 Å². The SMILES string of the molecule is Cn1nc(C(=O)NC2CCCCCC2)c(Cl)c1C(F)(F)F. The number of carbonyl (C=O) groups excluding carboxylic acids is 1. The molecule has 0 bridgehead atoms. The fourth-order valence-electron chi connectivity index (χ4n) is 2.63. The number of nitrogens with zero attached hydrogens (tertiary/aromatic N) is 2. The topological polar surface area (TPSA) is 46.9 Å². The molecule has 0 aliphatic heterocycles. The maximum absolute atomic E-state index is 12.8. The molecule has 1 amide bonds. The van der Waals surface area contributed by atoms with Gasteiger partial charge in [-0.15, -0.1) is 0 Å². The standard InChI is InChI=1S/C13H17ClF3N3O/c1-20-11(13(15,16)17)9(14)10(19-20)12(21)18-8-6-4-2-3-5-7-8/h8H,2-7H2,1H3,(H,18,21). The summed E-state index contributed by atoms with van der Waals surface area (Å²) in [5.41, 5.74) is -1.47. The van der Waals surface area contributed by atoms with Crippen LogP contribution in [0.25, 0.3) is 0 Å². The van der Waals surface area contributed by atoms with Gasteiger partial charge in [0, 0.05) is 13.1 Å². The number of rotatable bonds is 2. The van der Waals surface area contributed by atoms with Crippen LogP contribution >= 0.6 is 11.6 Å². The summed E-state index contributed by atoms with van der Waals surface area (Å²) >= 11 is 5.69. The lowest BCUT2D eigenvalue weighted by Crippen LogP contribution is -2.34. The van der Waals surface area contributed by atoms with E-state index in [-0.39, 0.29) is 11.7 Å². The molecule has 4 nitrogen and oxygen atoms in total. The normalized spacial score (nSPS) is 17.6. The molecule has 0 spiro atoms. The van der Waals surface area contributed by atoms with Crippen molar-refractivity contribution in [2.75, 3.05) is 0 Å². The highest BCUT2D eigenvalue weighted by Gasteiger charge is 2.40. The number of carbonyl (C=O) groups is 1. The zero-order valence-corrected chi connectivity index (χ0v) is 12.4. The van der Waals surface area contributed by atoms with Crippen molar-refractivity contribution in [2.45, 2.75) is 50.7 Å². The summed E-state index contributed by atoms with van der Waals surface area (Å²) in [6.45, 7) is 0. The van der Waals surface area contributed by atoms with E-state index in [1.807, 2.05) is 0 Å². The van der Waals surface area contributed by atoms with Gasteiger partial charge < -0.3 is 5.32 Å². The molecule has 1 heterocycles. The Morgan fingerprint density at radius 3 is 2.33 bits per heavy atom. The van der Waals surface area contributed by atoms with Crippen LogP contribution in [0.2, 0.25) is 5.02 Å². The van der Waals surface area contributed by atoms with Crippen LogP contribution in [0.3, 0.4) is 0 Å². The molecule has 21 heavy (non-hydrogen) atoms. The van der Waals surface area contributed by atoms with Crippen molar-refractivity contribution in [2.24, 2.45) is 7.05 Å². The predicted molar refractivity (Wildman–Crippen MR) is 72.2 cm³/mol. The molecule has 1 aromatic heterocycles.